The Morgan fingerprint density at radius 2 is 2.00 bits per heavy atom. The van der Waals surface area contributed by atoms with E-state index < -0.39 is 18.0 Å². The average Bonchev–Trinajstić information content (AvgIpc) is 2.42. The molecule has 1 aliphatic rings. The van der Waals surface area contributed by atoms with Crippen LogP contribution in [0.5, 0.6) is 0 Å². The summed E-state index contributed by atoms with van der Waals surface area (Å²) in [6, 6.07) is -1.24. The quantitative estimate of drug-likeness (QED) is 0.678. The molecule has 1 saturated heterocycles. The van der Waals surface area contributed by atoms with Gasteiger partial charge >= 0.3 is 12.0 Å². The van der Waals surface area contributed by atoms with Crippen LogP contribution < -0.4 is 10.6 Å². The van der Waals surface area contributed by atoms with Crippen LogP contribution >= 0.6 is 0 Å². The largest absolute Gasteiger partial charge is 0.480 e. The maximum atomic E-state index is 11.7. The second-order valence-electron chi connectivity index (χ2n) is 5.11. The van der Waals surface area contributed by atoms with Crippen LogP contribution in [-0.4, -0.2) is 42.9 Å². The predicted octanol–water partition coefficient (Wildman–Crippen LogP) is 1.21. The highest BCUT2D eigenvalue weighted by molar-refractivity contribution is 5.82. The van der Waals surface area contributed by atoms with Crippen LogP contribution in [-0.2, 0) is 9.53 Å². The first kappa shape index (κ1) is 15.8. The highest BCUT2D eigenvalue weighted by atomic mass is 16.5. The van der Waals surface area contributed by atoms with Crippen molar-refractivity contribution in [3.05, 3.63) is 0 Å². The second-order valence-corrected chi connectivity index (χ2v) is 5.11. The number of aliphatic carboxylic acids is 1. The maximum Gasteiger partial charge on any atom is 0.326 e. The van der Waals surface area contributed by atoms with Crippen LogP contribution in [0.1, 0.15) is 33.1 Å². The van der Waals surface area contributed by atoms with Crippen molar-refractivity contribution >= 4 is 12.0 Å². The van der Waals surface area contributed by atoms with E-state index in [2.05, 4.69) is 10.6 Å². The third-order valence-electron chi connectivity index (χ3n) is 3.66. The van der Waals surface area contributed by atoms with Gasteiger partial charge in [-0.3, -0.25) is 0 Å². The Morgan fingerprint density at radius 3 is 2.53 bits per heavy atom. The summed E-state index contributed by atoms with van der Waals surface area (Å²) in [6.07, 6.45) is 2.58. The molecule has 0 aliphatic carbocycles. The summed E-state index contributed by atoms with van der Waals surface area (Å²) >= 11 is 0. The first-order valence-electron chi connectivity index (χ1n) is 6.89. The normalized spacial score (nSPS) is 19.5. The molecule has 0 aromatic carbocycles. The van der Waals surface area contributed by atoms with E-state index in [-0.39, 0.29) is 5.92 Å². The summed E-state index contributed by atoms with van der Waals surface area (Å²) in [5, 5.41) is 14.4. The van der Waals surface area contributed by atoms with Crippen LogP contribution in [0.3, 0.4) is 0 Å². The number of rotatable bonds is 6. The number of urea groups is 1. The molecule has 19 heavy (non-hydrogen) atoms. The van der Waals surface area contributed by atoms with Crippen molar-refractivity contribution in [2.75, 3.05) is 19.8 Å². The molecular weight excluding hydrogens is 248 g/mol. The van der Waals surface area contributed by atoms with Crippen LogP contribution in [0.15, 0.2) is 0 Å². The number of carbonyl (C=O) groups is 2. The molecule has 1 unspecified atom stereocenters. The molecule has 1 heterocycles. The Morgan fingerprint density at radius 1 is 1.37 bits per heavy atom. The van der Waals surface area contributed by atoms with Crippen molar-refractivity contribution in [3.63, 3.8) is 0 Å². The van der Waals surface area contributed by atoms with Gasteiger partial charge in [0.2, 0.25) is 0 Å². The van der Waals surface area contributed by atoms with Gasteiger partial charge in [0.05, 0.1) is 0 Å². The third kappa shape index (κ3) is 5.46. The summed E-state index contributed by atoms with van der Waals surface area (Å²) < 4.78 is 5.24. The standard InChI is InChI=1S/C13H24N2O4/c1-3-9(2)11(12(16)17)15-13(18)14-8-10-4-6-19-7-5-10/h9-11H,3-8H2,1-2H3,(H,16,17)(H2,14,15,18)/t9?,11-/m0/s1. The fourth-order valence-electron chi connectivity index (χ4n) is 2.06. The minimum Gasteiger partial charge on any atom is -0.480 e. The third-order valence-corrected chi connectivity index (χ3v) is 3.66. The number of hydrogen-bond donors (Lipinski definition) is 3. The van der Waals surface area contributed by atoms with Crippen molar-refractivity contribution in [1.82, 2.24) is 10.6 Å². The molecule has 0 aromatic rings. The molecule has 1 aliphatic heterocycles. The zero-order chi connectivity index (χ0) is 14.3. The van der Waals surface area contributed by atoms with Gasteiger partial charge in [0, 0.05) is 19.8 Å². The Hall–Kier alpha value is -1.30. The molecule has 6 nitrogen and oxygen atoms in total. The van der Waals surface area contributed by atoms with Gasteiger partial charge in [-0.2, -0.15) is 0 Å². The molecule has 0 aromatic heterocycles. The van der Waals surface area contributed by atoms with Gasteiger partial charge in [0.1, 0.15) is 6.04 Å². The van der Waals surface area contributed by atoms with Crippen LogP contribution in [0.2, 0.25) is 0 Å². The van der Waals surface area contributed by atoms with E-state index >= 15 is 0 Å². The lowest BCUT2D eigenvalue weighted by molar-refractivity contribution is -0.140. The van der Waals surface area contributed by atoms with Crippen molar-refractivity contribution in [2.45, 2.75) is 39.2 Å². The van der Waals surface area contributed by atoms with Gasteiger partial charge in [-0.1, -0.05) is 20.3 Å². The molecule has 1 fully saturated rings. The van der Waals surface area contributed by atoms with Crippen molar-refractivity contribution in [3.8, 4) is 0 Å². The Bertz CT molecular complexity index is 303. The molecule has 2 atom stereocenters. The molecule has 3 N–H and O–H groups in total. The Balaban J connectivity index is 2.33. The summed E-state index contributed by atoms with van der Waals surface area (Å²) in [7, 11) is 0. The molecule has 110 valence electrons. The molecule has 0 radical (unpaired) electrons. The van der Waals surface area contributed by atoms with E-state index in [1.807, 2.05) is 13.8 Å². The van der Waals surface area contributed by atoms with E-state index in [0.29, 0.717) is 18.9 Å². The predicted molar refractivity (Wildman–Crippen MR) is 71.0 cm³/mol. The number of amides is 2. The first-order valence-corrected chi connectivity index (χ1v) is 6.89. The summed E-state index contributed by atoms with van der Waals surface area (Å²) in [5.74, 6) is -0.659. The van der Waals surface area contributed by atoms with Crippen molar-refractivity contribution < 1.29 is 19.4 Å². The number of carboxylic acid groups (broad SMARTS) is 1. The van der Waals surface area contributed by atoms with E-state index in [1.54, 1.807) is 0 Å². The van der Waals surface area contributed by atoms with Gasteiger partial charge in [-0.25, -0.2) is 9.59 Å². The highest BCUT2D eigenvalue weighted by Gasteiger charge is 2.25. The minimum absolute atomic E-state index is 0.0914. The van der Waals surface area contributed by atoms with Gasteiger partial charge in [-0.05, 0) is 24.7 Å². The SMILES string of the molecule is CCC(C)[C@H](NC(=O)NCC1CCOCC1)C(=O)O. The lowest BCUT2D eigenvalue weighted by Crippen LogP contribution is -2.50. The molecule has 2 amide bonds. The molecule has 1 rings (SSSR count). The highest BCUT2D eigenvalue weighted by Crippen LogP contribution is 2.13. The zero-order valence-electron chi connectivity index (χ0n) is 11.6. The number of carboxylic acids is 1. The van der Waals surface area contributed by atoms with Crippen LogP contribution in [0.4, 0.5) is 4.79 Å². The smallest absolute Gasteiger partial charge is 0.326 e. The fourth-order valence-corrected chi connectivity index (χ4v) is 2.06. The van der Waals surface area contributed by atoms with Gasteiger partial charge in [0.25, 0.3) is 0 Å². The monoisotopic (exact) mass is 272 g/mol. The van der Waals surface area contributed by atoms with Gasteiger partial charge < -0.3 is 20.5 Å². The topological polar surface area (TPSA) is 87.7 Å². The number of hydrogen-bond acceptors (Lipinski definition) is 3. The van der Waals surface area contributed by atoms with E-state index in [0.717, 1.165) is 26.1 Å². The molecule has 0 bridgehead atoms. The van der Waals surface area contributed by atoms with Gasteiger partial charge in [0.15, 0.2) is 0 Å². The Labute approximate surface area is 113 Å². The van der Waals surface area contributed by atoms with Gasteiger partial charge in [-0.15, -0.1) is 0 Å². The molecule has 0 spiro atoms. The average molecular weight is 272 g/mol. The van der Waals surface area contributed by atoms with E-state index in [4.69, 9.17) is 9.84 Å². The summed E-state index contributed by atoms with van der Waals surface area (Å²) in [4.78, 5) is 22.8. The number of carbonyl (C=O) groups excluding carboxylic acids is 1. The maximum absolute atomic E-state index is 11.7. The summed E-state index contributed by atoms with van der Waals surface area (Å²) in [5.41, 5.74) is 0. The van der Waals surface area contributed by atoms with Crippen molar-refractivity contribution in [2.24, 2.45) is 11.8 Å². The first-order chi connectivity index (χ1) is 9.04. The Kier molecular flexibility index (Phi) is 6.62. The zero-order valence-corrected chi connectivity index (χ0v) is 11.6. The van der Waals surface area contributed by atoms with Crippen molar-refractivity contribution in [1.29, 1.82) is 0 Å². The van der Waals surface area contributed by atoms with Crippen LogP contribution in [0, 0.1) is 11.8 Å². The molecule has 6 heteroatoms. The lowest BCUT2D eigenvalue weighted by Gasteiger charge is -2.24. The van der Waals surface area contributed by atoms with E-state index in [9.17, 15) is 9.59 Å². The number of ether oxygens (including phenoxy) is 1. The second kappa shape index (κ2) is 7.99. The molecule has 0 saturated carbocycles. The fraction of sp³-hybridized carbons (Fsp3) is 0.846. The van der Waals surface area contributed by atoms with Crippen LogP contribution in [0.25, 0.3) is 0 Å². The number of nitrogens with one attached hydrogen (secondary N) is 2. The lowest BCUT2D eigenvalue weighted by atomic mass is 9.99. The summed E-state index contributed by atoms with van der Waals surface area (Å²) in [6.45, 7) is 5.76. The minimum atomic E-state index is -0.990. The molecular formula is C13H24N2O4. The van der Waals surface area contributed by atoms with E-state index in [1.165, 1.54) is 0 Å².